The summed E-state index contributed by atoms with van der Waals surface area (Å²) in [6, 6.07) is 17.5. The summed E-state index contributed by atoms with van der Waals surface area (Å²) in [5.41, 5.74) is 1.12. The third kappa shape index (κ3) is 4.35. The fourth-order valence-corrected chi connectivity index (χ4v) is 4.52. The summed E-state index contributed by atoms with van der Waals surface area (Å²) in [5.74, 6) is -0.287. The monoisotopic (exact) mass is 413 g/mol. The molecule has 0 radical (unpaired) electrons. The number of sulfonamides is 1. The quantitative estimate of drug-likeness (QED) is 0.549. The molecule has 0 N–H and O–H groups in total. The Bertz CT molecular complexity index is 1140. The van der Waals surface area contributed by atoms with Crippen molar-refractivity contribution in [3.63, 3.8) is 0 Å². The van der Waals surface area contributed by atoms with Crippen LogP contribution in [0.1, 0.15) is 12.5 Å². The van der Waals surface area contributed by atoms with Crippen LogP contribution >= 0.6 is 0 Å². The highest BCUT2D eigenvalue weighted by Gasteiger charge is 2.30. The van der Waals surface area contributed by atoms with Crippen LogP contribution in [0.5, 0.6) is 5.75 Å². The van der Waals surface area contributed by atoms with E-state index in [0.717, 1.165) is 20.6 Å². The van der Waals surface area contributed by atoms with E-state index in [2.05, 4.69) is 0 Å². The van der Waals surface area contributed by atoms with E-state index in [1.165, 1.54) is 13.2 Å². The maximum absolute atomic E-state index is 13.6. The van der Waals surface area contributed by atoms with Crippen LogP contribution in [-0.4, -0.2) is 34.6 Å². The summed E-state index contributed by atoms with van der Waals surface area (Å²) in [6.07, 6.45) is 0. The van der Waals surface area contributed by atoms with Gasteiger partial charge in [0.2, 0.25) is 0 Å². The minimum atomic E-state index is -4.06. The van der Waals surface area contributed by atoms with Crippen molar-refractivity contribution in [1.82, 2.24) is 0 Å². The number of rotatable bonds is 7. The predicted molar refractivity (Wildman–Crippen MR) is 113 cm³/mol. The predicted octanol–water partition coefficient (Wildman–Crippen LogP) is 3.92. The molecule has 29 heavy (non-hydrogen) atoms. The molecule has 3 aromatic rings. The van der Waals surface area contributed by atoms with Crippen molar-refractivity contribution in [2.75, 3.05) is 24.6 Å². The highest BCUT2D eigenvalue weighted by Crippen LogP contribution is 2.34. The Hall–Kier alpha value is -3.06. The molecule has 3 aromatic carbocycles. The number of fused-ring (bicyclic) bond motifs is 1. The molecule has 0 amide bonds. The van der Waals surface area contributed by atoms with Crippen LogP contribution in [0.4, 0.5) is 5.69 Å². The molecule has 0 aromatic heterocycles. The normalized spacial score (nSPS) is 11.3. The second-order valence-electron chi connectivity index (χ2n) is 6.50. The van der Waals surface area contributed by atoms with Crippen molar-refractivity contribution in [3.05, 3.63) is 66.2 Å². The Morgan fingerprint density at radius 1 is 1.00 bits per heavy atom. The van der Waals surface area contributed by atoms with Gasteiger partial charge in [-0.3, -0.25) is 9.10 Å². The third-order valence-corrected chi connectivity index (χ3v) is 6.25. The standard InChI is InChI=1S/C22H23NO5S/c1-4-28-22(24)15-23(20-13-16(2)9-12-21(20)27-3)29(25,26)19-11-10-17-7-5-6-8-18(17)14-19/h5-14H,4,15H2,1-3H3. The van der Waals surface area contributed by atoms with E-state index in [9.17, 15) is 13.2 Å². The first-order valence-electron chi connectivity index (χ1n) is 9.18. The molecule has 0 bridgehead atoms. The average Bonchev–Trinajstić information content (AvgIpc) is 2.71. The molecule has 152 valence electrons. The molecule has 0 aliphatic rings. The SMILES string of the molecule is CCOC(=O)CN(c1cc(C)ccc1OC)S(=O)(=O)c1ccc2ccccc2c1. The highest BCUT2D eigenvalue weighted by atomic mass is 32.2. The maximum atomic E-state index is 13.6. The number of carbonyl (C=O) groups excluding carboxylic acids is 1. The van der Waals surface area contributed by atoms with Crippen LogP contribution in [0.3, 0.4) is 0 Å². The summed E-state index contributed by atoms with van der Waals surface area (Å²) in [4.78, 5) is 12.3. The molecule has 0 spiro atoms. The molecule has 0 fully saturated rings. The lowest BCUT2D eigenvalue weighted by atomic mass is 10.1. The van der Waals surface area contributed by atoms with Crippen LogP contribution in [0.25, 0.3) is 10.8 Å². The van der Waals surface area contributed by atoms with Gasteiger partial charge in [0.25, 0.3) is 10.0 Å². The molecular formula is C22H23NO5S. The Labute approximate surface area is 170 Å². The van der Waals surface area contributed by atoms with E-state index in [1.54, 1.807) is 31.2 Å². The molecule has 3 rings (SSSR count). The first-order chi connectivity index (χ1) is 13.9. The minimum absolute atomic E-state index is 0.0871. The number of benzene rings is 3. The Kier molecular flexibility index (Phi) is 6.08. The molecule has 0 saturated carbocycles. The average molecular weight is 413 g/mol. The summed E-state index contributed by atoms with van der Waals surface area (Å²) in [6.45, 7) is 3.22. The lowest BCUT2D eigenvalue weighted by Crippen LogP contribution is -2.37. The van der Waals surface area contributed by atoms with Crippen molar-refractivity contribution in [2.24, 2.45) is 0 Å². The number of nitrogens with zero attached hydrogens (tertiary/aromatic N) is 1. The van der Waals surface area contributed by atoms with E-state index in [1.807, 2.05) is 37.3 Å². The molecule has 0 aliphatic carbocycles. The molecule has 0 heterocycles. The van der Waals surface area contributed by atoms with E-state index in [-0.39, 0.29) is 17.2 Å². The second-order valence-corrected chi connectivity index (χ2v) is 8.36. The summed E-state index contributed by atoms with van der Waals surface area (Å²) < 4.78 is 38.5. The number of carbonyl (C=O) groups is 1. The van der Waals surface area contributed by atoms with Gasteiger partial charge in [0, 0.05) is 0 Å². The van der Waals surface area contributed by atoms with Crippen molar-refractivity contribution < 1.29 is 22.7 Å². The number of hydrogen-bond acceptors (Lipinski definition) is 5. The summed E-state index contributed by atoms with van der Waals surface area (Å²) in [7, 11) is -2.60. The van der Waals surface area contributed by atoms with E-state index in [0.29, 0.717) is 5.75 Å². The zero-order valence-electron chi connectivity index (χ0n) is 16.6. The van der Waals surface area contributed by atoms with E-state index >= 15 is 0 Å². The number of anilines is 1. The van der Waals surface area contributed by atoms with Crippen LogP contribution in [0, 0.1) is 6.92 Å². The largest absolute Gasteiger partial charge is 0.495 e. The van der Waals surface area contributed by atoms with Gasteiger partial charge in [0.15, 0.2) is 0 Å². The zero-order chi connectivity index (χ0) is 21.0. The summed E-state index contributed by atoms with van der Waals surface area (Å²) in [5, 5.41) is 1.72. The lowest BCUT2D eigenvalue weighted by molar-refractivity contribution is -0.141. The molecule has 0 aliphatic heterocycles. The molecule has 0 unspecified atom stereocenters. The zero-order valence-corrected chi connectivity index (χ0v) is 17.4. The first-order valence-corrected chi connectivity index (χ1v) is 10.6. The topological polar surface area (TPSA) is 72.9 Å². The van der Waals surface area contributed by atoms with Gasteiger partial charge in [-0.1, -0.05) is 36.4 Å². The van der Waals surface area contributed by atoms with Gasteiger partial charge in [-0.25, -0.2) is 8.42 Å². The van der Waals surface area contributed by atoms with Crippen molar-refractivity contribution in [3.8, 4) is 5.75 Å². The van der Waals surface area contributed by atoms with Gasteiger partial charge in [-0.05, 0) is 54.4 Å². The van der Waals surface area contributed by atoms with Gasteiger partial charge in [-0.2, -0.15) is 0 Å². The van der Waals surface area contributed by atoms with Crippen molar-refractivity contribution in [2.45, 2.75) is 18.7 Å². The summed E-state index contributed by atoms with van der Waals surface area (Å²) >= 11 is 0. The van der Waals surface area contributed by atoms with E-state index in [4.69, 9.17) is 9.47 Å². The Morgan fingerprint density at radius 3 is 2.41 bits per heavy atom. The number of ether oxygens (including phenoxy) is 2. The third-order valence-electron chi connectivity index (χ3n) is 4.49. The van der Waals surface area contributed by atoms with Crippen LogP contribution in [-0.2, 0) is 19.6 Å². The van der Waals surface area contributed by atoms with Crippen LogP contribution in [0.2, 0.25) is 0 Å². The smallest absolute Gasteiger partial charge is 0.326 e. The van der Waals surface area contributed by atoms with Crippen molar-refractivity contribution >= 4 is 32.5 Å². The minimum Gasteiger partial charge on any atom is -0.495 e. The van der Waals surface area contributed by atoms with Gasteiger partial charge >= 0.3 is 5.97 Å². The fourth-order valence-electron chi connectivity index (χ4n) is 3.07. The number of methoxy groups -OCH3 is 1. The first kappa shape index (κ1) is 20.7. The number of aryl methyl sites for hydroxylation is 1. The molecule has 7 heteroatoms. The van der Waals surface area contributed by atoms with Gasteiger partial charge in [0.1, 0.15) is 12.3 Å². The molecule has 0 atom stereocenters. The van der Waals surface area contributed by atoms with Crippen LogP contribution < -0.4 is 9.04 Å². The van der Waals surface area contributed by atoms with E-state index < -0.39 is 22.5 Å². The van der Waals surface area contributed by atoms with Gasteiger partial charge in [-0.15, -0.1) is 0 Å². The van der Waals surface area contributed by atoms with Crippen LogP contribution in [0.15, 0.2) is 65.6 Å². The molecular weight excluding hydrogens is 390 g/mol. The highest BCUT2D eigenvalue weighted by molar-refractivity contribution is 7.92. The number of esters is 1. The molecule has 0 saturated heterocycles. The van der Waals surface area contributed by atoms with Gasteiger partial charge in [0.05, 0.1) is 24.3 Å². The molecule has 6 nitrogen and oxygen atoms in total. The van der Waals surface area contributed by atoms with Crippen molar-refractivity contribution in [1.29, 1.82) is 0 Å². The van der Waals surface area contributed by atoms with Gasteiger partial charge < -0.3 is 9.47 Å². The lowest BCUT2D eigenvalue weighted by Gasteiger charge is -2.25. The second kappa shape index (κ2) is 8.53. The maximum Gasteiger partial charge on any atom is 0.326 e. The Morgan fingerprint density at radius 2 is 1.72 bits per heavy atom. The number of hydrogen-bond donors (Lipinski definition) is 0. The fraction of sp³-hybridized carbons (Fsp3) is 0.227. The Balaban J connectivity index is 2.15.